The zero-order valence-corrected chi connectivity index (χ0v) is 11.7. The van der Waals surface area contributed by atoms with E-state index in [0.717, 1.165) is 17.9 Å². The molecule has 1 unspecified atom stereocenters. The number of nitrogen functional groups attached to an aromatic ring is 1. The summed E-state index contributed by atoms with van der Waals surface area (Å²) in [6.07, 6.45) is 0.871. The number of rotatable bonds is 4. The molecule has 0 amide bonds. The first-order valence-electron chi connectivity index (χ1n) is 5.56. The first-order chi connectivity index (χ1) is 8.53. The van der Waals surface area contributed by atoms with Crippen molar-refractivity contribution in [2.75, 3.05) is 24.3 Å². The normalized spacial score (nSPS) is 19.9. The predicted molar refractivity (Wildman–Crippen MR) is 73.5 cm³/mol. The Balaban J connectivity index is 2.23. The Bertz CT molecular complexity index is 525. The van der Waals surface area contributed by atoms with Gasteiger partial charge in [0.2, 0.25) is 10.0 Å². The third-order valence-corrected chi connectivity index (χ3v) is 5.45. The largest absolute Gasteiger partial charge is 0.495 e. The van der Waals surface area contributed by atoms with Crippen molar-refractivity contribution in [2.24, 2.45) is 0 Å². The van der Waals surface area contributed by atoms with Gasteiger partial charge in [-0.1, -0.05) is 0 Å². The average molecular weight is 288 g/mol. The number of nitrogens with two attached hydrogens (primary N) is 1. The molecule has 0 spiro atoms. The van der Waals surface area contributed by atoms with Crippen LogP contribution in [0.3, 0.4) is 0 Å². The molecule has 1 heterocycles. The first kappa shape index (κ1) is 13.5. The third kappa shape index (κ3) is 2.90. The van der Waals surface area contributed by atoms with E-state index in [1.54, 1.807) is 11.8 Å². The highest BCUT2D eigenvalue weighted by molar-refractivity contribution is 7.99. The van der Waals surface area contributed by atoms with E-state index in [1.165, 1.54) is 25.3 Å². The van der Waals surface area contributed by atoms with Gasteiger partial charge in [-0.25, -0.2) is 13.1 Å². The summed E-state index contributed by atoms with van der Waals surface area (Å²) in [5, 5.41) is 0. The lowest BCUT2D eigenvalue weighted by molar-refractivity contribution is 0.415. The SMILES string of the molecule is COc1cc(S(=O)(=O)NC2CCSC2)ccc1N. The fraction of sp³-hybridized carbons (Fsp3) is 0.455. The van der Waals surface area contributed by atoms with Crippen molar-refractivity contribution in [1.82, 2.24) is 4.72 Å². The minimum atomic E-state index is -3.49. The van der Waals surface area contributed by atoms with E-state index < -0.39 is 10.0 Å². The van der Waals surface area contributed by atoms with E-state index >= 15 is 0 Å². The van der Waals surface area contributed by atoms with E-state index in [1.807, 2.05) is 0 Å². The van der Waals surface area contributed by atoms with Crippen molar-refractivity contribution < 1.29 is 13.2 Å². The quantitative estimate of drug-likeness (QED) is 0.810. The summed E-state index contributed by atoms with van der Waals surface area (Å²) in [4.78, 5) is 0.186. The van der Waals surface area contributed by atoms with Crippen LogP contribution < -0.4 is 15.2 Å². The Morgan fingerprint density at radius 3 is 2.89 bits per heavy atom. The number of thioether (sulfide) groups is 1. The fourth-order valence-corrected chi connectivity index (χ4v) is 4.32. The van der Waals surface area contributed by atoms with Crippen LogP contribution in [-0.4, -0.2) is 33.1 Å². The molecule has 5 nitrogen and oxygen atoms in total. The van der Waals surface area contributed by atoms with Crippen molar-refractivity contribution in [1.29, 1.82) is 0 Å². The molecule has 0 radical (unpaired) electrons. The van der Waals surface area contributed by atoms with E-state index in [-0.39, 0.29) is 10.9 Å². The van der Waals surface area contributed by atoms with E-state index in [0.29, 0.717) is 11.4 Å². The molecule has 0 aromatic heterocycles. The molecule has 1 fully saturated rings. The van der Waals surface area contributed by atoms with Gasteiger partial charge in [-0.15, -0.1) is 0 Å². The van der Waals surface area contributed by atoms with Gasteiger partial charge in [0.05, 0.1) is 17.7 Å². The van der Waals surface area contributed by atoms with Gasteiger partial charge in [-0.05, 0) is 24.3 Å². The van der Waals surface area contributed by atoms with Crippen LogP contribution in [0.1, 0.15) is 6.42 Å². The number of hydrogen-bond donors (Lipinski definition) is 2. The molecule has 7 heteroatoms. The molecule has 18 heavy (non-hydrogen) atoms. The number of benzene rings is 1. The molecule has 0 aliphatic carbocycles. The number of hydrogen-bond acceptors (Lipinski definition) is 5. The maximum atomic E-state index is 12.2. The molecule has 3 N–H and O–H groups in total. The average Bonchev–Trinajstić information content (AvgIpc) is 2.81. The maximum Gasteiger partial charge on any atom is 0.240 e. The Labute approximate surface area is 111 Å². The van der Waals surface area contributed by atoms with Gasteiger partial charge in [0.1, 0.15) is 5.75 Å². The summed E-state index contributed by atoms with van der Waals surface area (Å²) in [7, 11) is -2.03. The Hall–Kier alpha value is -0.920. The molecule has 1 aliphatic heterocycles. The molecule has 100 valence electrons. The molecule has 0 bridgehead atoms. The maximum absolute atomic E-state index is 12.2. The number of anilines is 1. The van der Waals surface area contributed by atoms with Crippen molar-refractivity contribution in [3.63, 3.8) is 0 Å². The standard InChI is InChI=1S/C11H16N2O3S2/c1-16-11-6-9(2-3-10(11)12)18(14,15)13-8-4-5-17-7-8/h2-3,6,8,13H,4-5,7,12H2,1H3. The summed E-state index contributed by atoms with van der Waals surface area (Å²) in [5.41, 5.74) is 6.09. The molecule has 0 saturated carbocycles. The predicted octanol–water partition coefficient (Wildman–Crippen LogP) is 1.06. The van der Waals surface area contributed by atoms with E-state index in [2.05, 4.69) is 4.72 Å². The second-order valence-electron chi connectivity index (χ2n) is 4.09. The summed E-state index contributed by atoms with van der Waals surface area (Å²) in [6, 6.07) is 4.49. The summed E-state index contributed by atoms with van der Waals surface area (Å²) in [6.45, 7) is 0. The molecule has 1 aromatic rings. The minimum Gasteiger partial charge on any atom is -0.495 e. The number of nitrogens with one attached hydrogen (secondary N) is 1. The topological polar surface area (TPSA) is 81.4 Å². The zero-order valence-electron chi connectivity index (χ0n) is 10.0. The Morgan fingerprint density at radius 1 is 1.50 bits per heavy atom. The molecule has 2 rings (SSSR count). The van der Waals surface area contributed by atoms with Gasteiger partial charge < -0.3 is 10.5 Å². The summed E-state index contributed by atoms with van der Waals surface area (Å²) < 4.78 is 32.0. The van der Waals surface area contributed by atoms with Gasteiger partial charge >= 0.3 is 0 Å². The molecule has 1 aromatic carbocycles. The minimum absolute atomic E-state index is 0.0172. The summed E-state index contributed by atoms with van der Waals surface area (Å²) in [5.74, 6) is 2.20. The lowest BCUT2D eigenvalue weighted by Crippen LogP contribution is -2.34. The van der Waals surface area contributed by atoms with Crippen LogP contribution in [0.2, 0.25) is 0 Å². The molecular formula is C11H16N2O3S2. The van der Waals surface area contributed by atoms with Crippen LogP contribution in [0, 0.1) is 0 Å². The van der Waals surface area contributed by atoms with Gasteiger partial charge in [0.15, 0.2) is 0 Å². The van der Waals surface area contributed by atoms with Crippen molar-refractivity contribution >= 4 is 27.5 Å². The van der Waals surface area contributed by atoms with Gasteiger partial charge in [0, 0.05) is 17.9 Å². The highest BCUT2D eigenvalue weighted by Gasteiger charge is 2.23. The number of sulfonamides is 1. The second-order valence-corrected chi connectivity index (χ2v) is 6.95. The van der Waals surface area contributed by atoms with Crippen LogP contribution >= 0.6 is 11.8 Å². The third-order valence-electron chi connectivity index (χ3n) is 2.77. The number of methoxy groups -OCH3 is 1. The van der Waals surface area contributed by atoms with Crippen LogP contribution in [0.25, 0.3) is 0 Å². The molecule has 1 aliphatic rings. The monoisotopic (exact) mass is 288 g/mol. The molecular weight excluding hydrogens is 272 g/mol. The zero-order chi connectivity index (χ0) is 13.2. The van der Waals surface area contributed by atoms with E-state index in [9.17, 15) is 8.42 Å². The summed E-state index contributed by atoms with van der Waals surface area (Å²) >= 11 is 1.76. The van der Waals surface area contributed by atoms with Crippen LogP contribution in [0.15, 0.2) is 23.1 Å². The first-order valence-corrected chi connectivity index (χ1v) is 8.20. The fourth-order valence-electron chi connectivity index (χ4n) is 1.77. The van der Waals surface area contributed by atoms with Crippen LogP contribution in [0.4, 0.5) is 5.69 Å². The Morgan fingerprint density at radius 2 is 2.28 bits per heavy atom. The highest BCUT2D eigenvalue weighted by atomic mass is 32.2. The van der Waals surface area contributed by atoms with E-state index in [4.69, 9.17) is 10.5 Å². The van der Waals surface area contributed by atoms with Crippen LogP contribution in [-0.2, 0) is 10.0 Å². The number of ether oxygens (including phenoxy) is 1. The Kier molecular flexibility index (Phi) is 4.04. The van der Waals surface area contributed by atoms with Crippen molar-refractivity contribution in [3.05, 3.63) is 18.2 Å². The van der Waals surface area contributed by atoms with Crippen LogP contribution in [0.5, 0.6) is 5.75 Å². The van der Waals surface area contributed by atoms with Gasteiger partial charge in [-0.2, -0.15) is 11.8 Å². The lowest BCUT2D eigenvalue weighted by Gasteiger charge is -2.13. The lowest BCUT2D eigenvalue weighted by atomic mass is 10.3. The molecule has 1 saturated heterocycles. The van der Waals surface area contributed by atoms with Gasteiger partial charge in [-0.3, -0.25) is 0 Å². The van der Waals surface area contributed by atoms with Crippen molar-refractivity contribution in [2.45, 2.75) is 17.4 Å². The smallest absolute Gasteiger partial charge is 0.240 e. The molecule has 1 atom stereocenters. The highest BCUT2D eigenvalue weighted by Crippen LogP contribution is 2.25. The second kappa shape index (κ2) is 5.38. The van der Waals surface area contributed by atoms with Crippen molar-refractivity contribution in [3.8, 4) is 5.75 Å². The van der Waals surface area contributed by atoms with Gasteiger partial charge in [0.25, 0.3) is 0 Å².